The molecule has 0 aromatic rings. The summed E-state index contributed by atoms with van der Waals surface area (Å²) in [6, 6.07) is -0.782. The quantitative estimate of drug-likeness (QED) is 0.600. The molecule has 1 fully saturated rings. The zero-order valence-electron chi connectivity index (χ0n) is 12.6. The van der Waals surface area contributed by atoms with E-state index in [-0.39, 0.29) is 26.1 Å². The van der Waals surface area contributed by atoms with Gasteiger partial charge in [-0.25, -0.2) is 0 Å². The Balaban J connectivity index is 2.75. The van der Waals surface area contributed by atoms with Gasteiger partial charge in [0.15, 0.2) is 0 Å². The van der Waals surface area contributed by atoms with Crippen LogP contribution in [0.5, 0.6) is 0 Å². The van der Waals surface area contributed by atoms with E-state index in [0.29, 0.717) is 12.8 Å². The van der Waals surface area contributed by atoms with Crippen molar-refractivity contribution < 1.29 is 27.5 Å². The SMILES string of the molecule is CCOC(=O)C1CCCN1S(=O)(=O)N(C)CCC(=O)OC. The number of rotatable bonds is 7. The Morgan fingerprint density at radius 2 is 2.05 bits per heavy atom. The summed E-state index contributed by atoms with van der Waals surface area (Å²) in [5.74, 6) is -1.01. The van der Waals surface area contributed by atoms with Crippen molar-refractivity contribution in [1.29, 1.82) is 0 Å². The molecule has 9 heteroatoms. The van der Waals surface area contributed by atoms with Crippen molar-refractivity contribution in [3.63, 3.8) is 0 Å². The summed E-state index contributed by atoms with van der Waals surface area (Å²) in [4.78, 5) is 22.9. The molecule has 1 saturated heterocycles. The fraction of sp³-hybridized carbons (Fsp3) is 0.833. The highest BCUT2D eigenvalue weighted by Crippen LogP contribution is 2.23. The summed E-state index contributed by atoms with van der Waals surface area (Å²) in [6.07, 6.45) is 1.01. The summed E-state index contributed by atoms with van der Waals surface area (Å²) in [6.45, 7) is 2.16. The number of esters is 2. The minimum atomic E-state index is -3.80. The molecule has 21 heavy (non-hydrogen) atoms. The summed E-state index contributed by atoms with van der Waals surface area (Å²) >= 11 is 0. The largest absolute Gasteiger partial charge is 0.469 e. The summed E-state index contributed by atoms with van der Waals surface area (Å²) in [7, 11) is -1.18. The topological polar surface area (TPSA) is 93.2 Å². The van der Waals surface area contributed by atoms with Crippen molar-refractivity contribution in [2.24, 2.45) is 0 Å². The third-order valence-corrected chi connectivity index (χ3v) is 5.31. The molecule has 0 amide bonds. The number of nitrogens with zero attached hydrogens (tertiary/aromatic N) is 2. The molecule has 0 aliphatic carbocycles. The lowest BCUT2D eigenvalue weighted by Gasteiger charge is -2.27. The maximum atomic E-state index is 12.4. The maximum absolute atomic E-state index is 12.4. The Bertz CT molecular complexity index is 478. The van der Waals surface area contributed by atoms with Crippen LogP contribution in [-0.2, 0) is 29.3 Å². The number of hydrogen-bond donors (Lipinski definition) is 0. The first-order valence-electron chi connectivity index (χ1n) is 6.81. The zero-order chi connectivity index (χ0) is 16.0. The van der Waals surface area contributed by atoms with E-state index in [9.17, 15) is 18.0 Å². The van der Waals surface area contributed by atoms with Crippen molar-refractivity contribution in [3.8, 4) is 0 Å². The van der Waals surface area contributed by atoms with E-state index in [1.807, 2.05) is 0 Å². The number of ether oxygens (including phenoxy) is 2. The van der Waals surface area contributed by atoms with Crippen molar-refractivity contribution >= 4 is 22.1 Å². The predicted molar refractivity (Wildman–Crippen MR) is 74.5 cm³/mol. The van der Waals surface area contributed by atoms with E-state index in [4.69, 9.17) is 4.74 Å². The minimum Gasteiger partial charge on any atom is -0.469 e. The summed E-state index contributed by atoms with van der Waals surface area (Å²) in [5, 5.41) is 0. The van der Waals surface area contributed by atoms with Crippen molar-refractivity contribution in [2.75, 3.05) is 33.9 Å². The highest BCUT2D eigenvalue weighted by Gasteiger charge is 2.41. The lowest BCUT2D eigenvalue weighted by atomic mass is 10.2. The molecule has 1 unspecified atom stereocenters. The molecule has 1 aliphatic heterocycles. The summed E-state index contributed by atoms with van der Waals surface area (Å²) < 4.78 is 36.5. The first kappa shape index (κ1) is 17.9. The molecule has 8 nitrogen and oxygen atoms in total. The van der Waals surface area contributed by atoms with Crippen LogP contribution in [-0.4, -0.2) is 68.9 Å². The van der Waals surface area contributed by atoms with Crippen LogP contribution in [0.3, 0.4) is 0 Å². The van der Waals surface area contributed by atoms with Crippen LogP contribution in [0.25, 0.3) is 0 Å². The third kappa shape index (κ3) is 4.39. The molecule has 1 atom stereocenters. The monoisotopic (exact) mass is 322 g/mol. The molecule has 122 valence electrons. The Labute approximate surface area is 125 Å². The van der Waals surface area contributed by atoms with E-state index in [1.54, 1.807) is 6.92 Å². The van der Waals surface area contributed by atoms with Crippen LogP contribution in [0.1, 0.15) is 26.2 Å². The second-order valence-corrected chi connectivity index (χ2v) is 6.66. The molecule has 0 saturated carbocycles. The highest BCUT2D eigenvalue weighted by atomic mass is 32.2. The molecule has 0 aromatic carbocycles. The van der Waals surface area contributed by atoms with Crippen molar-refractivity contribution in [1.82, 2.24) is 8.61 Å². The van der Waals surface area contributed by atoms with E-state index in [0.717, 1.165) is 8.61 Å². The Morgan fingerprint density at radius 1 is 1.38 bits per heavy atom. The molecule has 0 spiro atoms. The molecular weight excluding hydrogens is 300 g/mol. The Kier molecular flexibility index (Phi) is 6.56. The standard InChI is InChI=1S/C12H22N2O6S/c1-4-20-12(16)10-6-5-8-14(10)21(17,18)13(2)9-7-11(15)19-3/h10H,4-9H2,1-3H3. The Hall–Kier alpha value is -1.19. The van der Waals surface area contributed by atoms with Crippen molar-refractivity contribution in [3.05, 3.63) is 0 Å². The first-order chi connectivity index (χ1) is 9.84. The fourth-order valence-corrected chi connectivity index (χ4v) is 3.69. The Morgan fingerprint density at radius 3 is 2.62 bits per heavy atom. The van der Waals surface area contributed by atoms with Crippen LogP contribution in [0, 0.1) is 0 Å². The molecular formula is C12H22N2O6S. The van der Waals surface area contributed by atoms with E-state index >= 15 is 0 Å². The van der Waals surface area contributed by atoms with Gasteiger partial charge in [-0.1, -0.05) is 0 Å². The van der Waals surface area contributed by atoms with Gasteiger partial charge < -0.3 is 9.47 Å². The molecule has 0 aromatic heterocycles. The van der Waals surface area contributed by atoms with Crippen LogP contribution in [0.4, 0.5) is 0 Å². The van der Waals surface area contributed by atoms with E-state index in [2.05, 4.69) is 4.74 Å². The van der Waals surface area contributed by atoms with E-state index < -0.39 is 28.2 Å². The van der Waals surface area contributed by atoms with Gasteiger partial charge in [-0.2, -0.15) is 17.0 Å². The minimum absolute atomic E-state index is 0.00104. The molecule has 1 rings (SSSR count). The van der Waals surface area contributed by atoms with Crippen molar-refractivity contribution in [2.45, 2.75) is 32.2 Å². The molecule has 0 radical (unpaired) electrons. The van der Waals surface area contributed by atoms with Crippen LogP contribution in [0.2, 0.25) is 0 Å². The number of methoxy groups -OCH3 is 1. The van der Waals surface area contributed by atoms with Crippen LogP contribution >= 0.6 is 0 Å². The van der Waals surface area contributed by atoms with Gasteiger partial charge in [-0.3, -0.25) is 9.59 Å². The van der Waals surface area contributed by atoms with Gasteiger partial charge in [0.05, 0.1) is 20.1 Å². The van der Waals surface area contributed by atoms with Gasteiger partial charge in [-0.15, -0.1) is 0 Å². The lowest BCUT2D eigenvalue weighted by Crippen LogP contribution is -2.48. The van der Waals surface area contributed by atoms with Gasteiger partial charge >= 0.3 is 11.9 Å². The average Bonchev–Trinajstić information content (AvgIpc) is 2.94. The van der Waals surface area contributed by atoms with Gasteiger partial charge in [0.2, 0.25) is 0 Å². The summed E-state index contributed by atoms with van der Waals surface area (Å²) in [5.41, 5.74) is 0. The molecule has 0 bridgehead atoms. The zero-order valence-corrected chi connectivity index (χ0v) is 13.4. The van der Waals surface area contributed by atoms with Gasteiger partial charge in [0, 0.05) is 20.1 Å². The molecule has 1 aliphatic rings. The second-order valence-electron chi connectivity index (χ2n) is 4.68. The first-order valence-corrected chi connectivity index (χ1v) is 8.20. The van der Waals surface area contributed by atoms with Gasteiger partial charge in [0.25, 0.3) is 10.2 Å². The lowest BCUT2D eigenvalue weighted by molar-refractivity contribution is -0.147. The van der Waals surface area contributed by atoms with Gasteiger partial charge in [-0.05, 0) is 19.8 Å². The second kappa shape index (κ2) is 7.71. The maximum Gasteiger partial charge on any atom is 0.324 e. The number of hydrogen-bond acceptors (Lipinski definition) is 6. The predicted octanol–water partition coefficient (Wildman–Crippen LogP) is -0.246. The van der Waals surface area contributed by atoms with Gasteiger partial charge in [0.1, 0.15) is 6.04 Å². The highest BCUT2D eigenvalue weighted by molar-refractivity contribution is 7.86. The van der Waals surface area contributed by atoms with Crippen LogP contribution in [0.15, 0.2) is 0 Å². The third-order valence-electron chi connectivity index (χ3n) is 3.31. The van der Waals surface area contributed by atoms with Crippen LogP contribution < -0.4 is 0 Å². The van der Waals surface area contributed by atoms with E-state index in [1.165, 1.54) is 14.2 Å². The normalized spacial score (nSPS) is 19.7. The smallest absolute Gasteiger partial charge is 0.324 e. The average molecular weight is 322 g/mol. The number of carbonyl (C=O) groups excluding carboxylic acids is 2. The number of carbonyl (C=O) groups is 2. The fourth-order valence-electron chi connectivity index (χ4n) is 2.14. The molecule has 1 heterocycles. The molecule has 0 N–H and O–H groups in total.